The van der Waals surface area contributed by atoms with Crippen LogP contribution in [-0.2, 0) is 11.3 Å². The van der Waals surface area contributed by atoms with Crippen molar-refractivity contribution < 1.29 is 9.21 Å². The Bertz CT molecular complexity index is 323. The van der Waals surface area contributed by atoms with Gasteiger partial charge >= 0.3 is 0 Å². The van der Waals surface area contributed by atoms with Gasteiger partial charge in [0.1, 0.15) is 17.8 Å². The molecule has 1 aliphatic heterocycles. The molecule has 0 atom stereocenters. The molecular weight excluding hydrogens is 180 g/mol. The third kappa shape index (κ3) is 2.14. The summed E-state index contributed by atoms with van der Waals surface area (Å²) in [5.74, 6) is 1.23. The van der Waals surface area contributed by atoms with Crippen LogP contribution in [0, 0.1) is 0 Å². The fourth-order valence-electron chi connectivity index (χ4n) is 1.66. The number of furan rings is 1. The third-order valence-corrected chi connectivity index (χ3v) is 2.47. The van der Waals surface area contributed by atoms with Gasteiger partial charge in [-0.25, -0.2) is 0 Å². The molecule has 0 aliphatic carbocycles. The summed E-state index contributed by atoms with van der Waals surface area (Å²) in [5.41, 5.74) is 6.20. The van der Waals surface area contributed by atoms with E-state index in [9.17, 15) is 4.79 Å². The first-order valence-electron chi connectivity index (χ1n) is 4.81. The number of nitrogen functional groups attached to an aromatic ring is 1. The summed E-state index contributed by atoms with van der Waals surface area (Å²) in [6, 6.07) is 1.83. The number of nitrogens with zero attached hydrogens (tertiary/aromatic N) is 1. The number of likely N-dealkylation sites (tertiary alicyclic amines) is 1. The lowest BCUT2D eigenvalue weighted by Crippen LogP contribution is -2.33. The normalized spacial score (nSPS) is 18.7. The van der Waals surface area contributed by atoms with Crippen LogP contribution in [0.3, 0.4) is 0 Å². The zero-order chi connectivity index (χ0) is 9.97. The maximum absolute atomic E-state index is 11.0. The molecule has 0 radical (unpaired) electrons. The van der Waals surface area contributed by atoms with E-state index in [1.807, 2.05) is 6.07 Å². The summed E-state index contributed by atoms with van der Waals surface area (Å²) in [4.78, 5) is 13.2. The minimum absolute atomic E-state index is 0.361. The van der Waals surface area contributed by atoms with Crippen molar-refractivity contribution in [1.82, 2.24) is 4.90 Å². The van der Waals surface area contributed by atoms with E-state index in [-0.39, 0.29) is 0 Å². The van der Waals surface area contributed by atoms with Crippen LogP contribution in [0.1, 0.15) is 18.6 Å². The Kier molecular flexibility index (Phi) is 2.54. The molecule has 1 aliphatic rings. The lowest BCUT2D eigenvalue weighted by atomic mass is 10.1. The van der Waals surface area contributed by atoms with Crippen molar-refractivity contribution in [3.05, 3.63) is 18.1 Å². The number of rotatable bonds is 2. The largest absolute Gasteiger partial charge is 0.466 e. The fourth-order valence-corrected chi connectivity index (χ4v) is 1.66. The molecule has 1 fully saturated rings. The van der Waals surface area contributed by atoms with Crippen molar-refractivity contribution in [2.75, 3.05) is 18.8 Å². The smallest absolute Gasteiger partial charge is 0.135 e. The first-order chi connectivity index (χ1) is 6.74. The SMILES string of the molecule is Nc1coc(CN2CCC(=O)CC2)c1. The Morgan fingerprint density at radius 2 is 2.14 bits per heavy atom. The van der Waals surface area contributed by atoms with E-state index >= 15 is 0 Å². The van der Waals surface area contributed by atoms with Crippen molar-refractivity contribution in [3.8, 4) is 0 Å². The van der Waals surface area contributed by atoms with Crippen molar-refractivity contribution in [3.63, 3.8) is 0 Å². The molecule has 0 spiro atoms. The third-order valence-electron chi connectivity index (χ3n) is 2.47. The molecule has 1 aromatic rings. The van der Waals surface area contributed by atoms with Crippen LogP contribution < -0.4 is 5.73 Å². The summed E-state index contributed by atoms with van der Waals surface area (Å²) >= 11 is 0. The molecule has 2 heterocycles. The molecule has 0 bridgehead atoms. The van der Waals surface area contributed by atoms with Crippen LogP contribution in [0.2, 0.25) is 0 Å². The summed E-state index contributed by atoms with van der Waals surface area (Å²) in [6.45, 7) is 2.42. The van der Waals surface area contributed by atoms with Gasteiger partial charge in [-0.1, -0.05) is 0 Å². The molecule has 0 aromatic carbocycles. The second-order valence-corrected chi connectivity index (χ2v) is 3.66. The van der Waals surface area contributed by atoms with Gasteiger partial charge in [0.25, 0.3) is 0 Å². The molecular formula is C10H14N2O2. The topological polar surface area (TPSA) is 59.5 Å². The second-order valence-electron chi connectivity index (χ2n) is 3.66. The number of piperidine rings is 1. The number of carbonyl (C=O) groups excluding carboxylic acids is 1. The van der Waals surface area contributed by atoms with E-state index in [0.29, 0.717) is 24.3 Å². The minimum Gasteiger partial charge on any atom is -0.466 e. The number of anilines is 1. The zero-order valence-corrected chi connectivity index (χ0v) is 8.03. The molecule has 0 saturated carbocycles. The Labute approximate surface area is 82.7 Å². The van der Waals surface area contributed by atoms with Crippen LogP contribution in [0.4, 0.5) is 5.69 Å². The average molecular weight is 194 g/mol. The zero-order valence-electron chi connectivity index (χ0n) is 8.03. The van der Waals surface area contributed by atoms with Gasteiger partial charge in [0.05, 0.1) is 12.2 Å². The lowest BCUT2D eigenvalue weighted by molar-refractivity contribution is -0.121. The van der Waals surface area contributed by atoms with Gasteiger partial charge in [0.2, 0.25) is 0 Å². The summed E-state index contributed by atoms with van der Waals surface area (Å²) in [5, 5.41) is 0. The molecule has 0 amide bonds. The average Bonchev–Trinajstić information content (AvgIpc) is 2.56. The predicted molar refractivity (Wildman–Crippen MR) is 52.6 cm³/mol. The molecule has 2 N–H and O–H groups in total. The van der Waals surface area contributed by atoms with Crippen molar-refractivity contribution in [2.24, 2.45) is 0 Å². The molecule has 1 saturated heterocycles. The highest BCUT2D eigenvalue weighted by atomic mass is 16.3. The molecule has 14 heavy (non-hydrogen) atoms. The molecule has 4 heteroatoms. The highest BCUT2D eigenvalue weighted by Gasteiger charge is 2.16. The highest BCUT2D eigenvalue weighted by Crippen LogP contribution is 2.14. The van der Waals surface area contributed by atoms with Crippen LogP contribution in [0.5, 0.6) is 0 Å². The Hall–Kier alpha value is -1.29. The maximum Gasteiger partial charge on any atom is 0.135 e. The molecule has 2 rings (SSSR count). The molecule has 1 aromatic heterocycles. The van der Waals surface area contributed by atoms with Gasteiger partial charge in [-0.3, -0.25) is 9.69 Å². The van der Waals surface area contributed by atoms with E-state index in [2.05, 4.69) is 4.90 Å². The van der Waals surface area contributed by atoms with Crippen molar-refractivity contribution in [1.29, 1.82) is 0 Å². The highest BCUT2D eigenvalue weighted by molar-refractivity contribution is 5.79. The van der Waals surface area contributed by atoms with Gasteiger partial charge in [-0.2, -0.15) is 0 Å². The monoisotopic (exact) mass is 194 g/mol. The van der Waals surface area contributed by atoms with E-state index in [1.165, 1.54) is 0 Å². The number of ketones is 1. The Morgan fingerprint density at radius 1 is 1.43 bits per heavy atom. The van der Waals surface area contributed by atoms with E-state index < -0.39 is 0 Å². The Morgan fingerprint density at radius 3 is 2.71 bits per heavy atom. The first-order valence-corrected chi connectivity index (χ1v) is 4.81. The minimum atomic E-state index is 0.361. The quantitative estimate of drug-likeness (QED) is 0.763. The predicted octanol–water partition coefficient (Wildman–Crippen LogP) is 1.03. The first kappa shape index (κ1) is 9.27. The van der Waals surface area contributed by atoms with Gasteiger partial charge in [-0.15, -0.1) is 0 Å². The van der Waals surface area contributed by atoms with E-state index in [0.717, 1.165) is 25.4 Å². The van der Waals surface area contributed by atoms with Gasteiger partial charge < -0.3 is 10.2 Å². The molecule has 0 unspecified atom stereocenters. The lowest BCUT2D eigenvalue weighted by Gasteiger charge is -2.24. The number of Topliss-reactive ketones (excluding diaryl/α,β-unsaturated/α-hetero) is 1. The summed E-state index contributed by atoms with van der Waals surface area (Å²) in [7, 11) is 0. The number of hydrogen-bond acceptors (Lipinski definition) is 4. The number of nitrogens with two attached hydrogens (primary N) is 1. The maximum atomic E-state index is 11.0. The van der Waals surface area contributed by atoms with Crippen LogP contribution in [0.25, 0.3) is 0 Å². The van der Waals surface area contributed by atoms with Gasteiger partial charge in [0.15, 0.2) is 0 Å². The molecule has 4 nitrogen and oxygen atoms in total. The summed E-state index contributed by atoms with van der Waals surface area (Å²) < 4.78 is 5.24. The summed E-state index contributed by atoms with van der Waals surface area (Å²) in [6.07, 6.45) is 2.87. The number of hydrogen-bond donors (Lipinski definition) is 1. The standard InChI is InChI=1S/C10H14N2O2/c11-8-5-10(14-7-8)6-12-3-1-9(13)2-4-12/h5,7H,1-4,6,11H2. The Balaban J connectivity index is 1.89. The van der Waals surface area contributed by atoms with Crippen LogP contribution >= 0.6 is 0 Å². The van der Waals surface area contributed by atoms with Crippen molar-refractivity contribution >= 4 is 11.5 Å². The van der Waals surface area contributed by atoms with E-state index in [4.69, 9.17) is 10.2 Å². The van der Waals surface area contributed by atoms with Crippen LogP contribution in [-0.4, -0.2) is 23.8 Å². The fraction of sp³-hybridized carbons (Fsp3) is 0.500. The molecule has 76 valence electrons. The second kappa shape index (κ2) is 3.84. The van der Waals surface area contributed by atoms with E-state index in [1.54, 1.807) is 6.26 Å². The van der Waals surface area contributed by atoms with Gasteiger partial charge in [-0.05, 0) is 0 Å². The van der Waals surface area contributed by atoms with Crippen molar-refractivity contribution in [2.45, 2.75) is 19.4 Å². The van der Waals surface area contributed by atoms with Crippen LogP contribution in [0.15, 0.2) is 16.7 Å². The number of carbonyl (C=O) groups is 1. The van der Waals surface area contributed by atoms with Gasteiger partial charge in [0, 0.05) is 32.0 Å².